The van der Waals surface area contributed by atoms with Crippen molar-refractivity contribution in [3.8, 4) is 0 Å². The highest BCUT2D eigenvalue weighted by atomic mass is 35.5. The Labute approximate surface area is 197 Å². The van der Waals surface area contributed by atoms with Crippen LogP contribution >= 0.6 is 23.4 Å². The molecule has 32 heavy (non-hydrogen) atoms. The van der Waals surface area contributed by atoms with Gasteiger partial charge in [0.05, 0.1) is 6.04 Å². The van der Waals surface area contributed by atoms with Crippen LogP contribution in [0.1, 0.15) is 47.6 Å². The summed E-state index contributed by atoms with van der Waals surface area (Å²) < 4.78 is 1.25. The molecule has 6 heteroatoms. The largest absolute Gasteiger partial charge is 0.325 e. The molecule has 0 bridgehead atoms. The second-order valence-electron chi connectivity index (χ2n) is 8.34. The van der Waals surface area contributed by atoms with Gasteiger partial charge < -0.3 is 5.32 Å². The van der Waals surface area contributed by atoms with Gasteiger partial charge in [-0.3, -0.25) is 9.59 Å². The quantitative estimate of drug-likeness (QED) is 0.482. The summed E-state index contributed by atoms with van der Waals surface area (Å²) in [7, 11) is 0. The number of benzene rings is 3. The third-order valence-electron chi connectivity index (χ3n) is 6.80. The molecule has 4 nitrogen and oxygen atoms in total. The molecular formula is C26H22Cl2N2O2. The lowest BCUT2D eigenvalue weighted by Crippen LogP contribution is -2.56. The van der Waals surface area contributed by atoms with Crippen molar-refractivity contribution in [2.75, 3.05) is 5.32 Å². The van der Waals surface area contributed by atoms with E-state index < -0.39 is 17.4 Å². The van der Waals surface area contributed by atoms with E-state index in [1.54, 1.807) is 6.07 Å². The van der Waals surface area contributed by atoms with Crippen LogP contribution in [0.5, 0.6) is 0 Å². The monoisotopic (exact) mass is 464 g/mol. The first kappa shape index (κ1) is 21.0. The van der Waals surface area contributed by atoms with E-state index in [2.05, 4.69) is 12.2 Å². The molecule has 0 aromatic heterocycles. The molecule has 2 amide bonds. The molecule has 1 fully saturated rings. The third kappa shape index (κ3) is 2.97. The van der Waals surface area contributed by atoms with E-state index in [4.69, 9.17) is 23.4 Å². The molecule has 3 aromatic rings. The SMILES string of the molecule is CCc1ccccc1C1N(Cl)C(=O)CC(c2cccc(Cl)c2)C12C(=O)Nc1ccccc12. The molecule has 3 unspecified atom stereocenters. The lowest BCUT2D eigenvalue weighted by molar-refractivity contribution is -0.138. The molecule has 1 spiro atoms. The Morgan fingerprint density at radius 3 is 2.56 bits per heavy atom. The summed E-state index contributed by atoms with van der Waals surface area (Å²) in [6.07, 6.45) is 0.864. The van der Waals surface area contributed by atoms with Gasteiger partial charge in [-0.25, -0.2) is 4.42 Å². The zero-order chi connectivity index (χ0) is 22.5. The van der Waals surface area contributed by atoms with Crippen molar-refractivity contribution >= 4 is 40.9 Å². The van der Waals surface area contributed by atoms with Crippen molar-refractivity contribution in [3.63, 3.8) is 0 Å². The van der Waals surface area contributed by atoms with Gasteiger partial charge in [-0.2, -0.15) is 0 Å². The Kier molecular flexibility index (Phi) is 5.23. The van der Waals surface area contributed by atoms with Crippen LogP contribution in [0.15, 0.2) is 72.8 Å². The molecule has 1 saturated heterocycles. The maximum atomic E-state index is 14.0. The number of hydrogen-bond donors (Lipinski definition) is 1. The van der Waals surface area contributed by atoms with Crippen LogP contribution in [0.25, 0.3) is 0 Å². The predicted molar refractivity (Wildman–Crippen MR) is 127 cm³/mol. The van der Waals surface area contributed by atoms with Gasteiger partial charge in [0.2, 0.25) is 11.8 Å². The Morgan fingerprint density at radius 1 is 1.03 bits per heavy atom. The number of piperidine rings is 1. The molecule has 0 aliphatic carbocycles. The molecule has 2 aliphatic heterocycles. The van der Waals surface area contributed by atoms with E-state index in [0.29, 0.717) is 5.02 Å². The zero-order valence-corrected chi connectivity index (χ0v) is 19.0. The van der Waals surface area contributed by atoms with Crippen molar-refractivity contribution < 1.29 is 9.59 Å². The lowest BCUT2D eigenvalue weighted by Gasteiger charge is -2.49. The lowest BCUT2D eigenvalue weighted by atomic mass is 9.59. The average molecular weight is 465 g/mol. The van der Waals surface area contributed by atoms with Crippen LogP contribution in [-0.4, -0.2) is 16.2 Å². The van der Waals surface area contributed by atoms with E-state index in [9.17, 15) is 9.59 Å². The molecular weight excluding hydrogens is 443 g/mol. The molecule has 0 radical (unpaired) electrons. The first-order chi connectivity index (χ1) is 15.5. The highest BCUT2D eigenvalue weighted by Gasteiger charge is 2.63. The maximum Gasteiger partial charge on any atom is 0.238 e. The fourth-order valence-corrected chi connectivity index (χ4v) is 5.98. The van der Waals surface area contributed by atoms with Gasteiger partial charge in [-0.15, -0.1) is 0 Å². The molecule has 1 N–H and O–H groups in total. The standard InChI is InChI=1S/C26H22Cl2N2O2/c1-2-16-8-3-4-11-19(16)24-26(20-12-5-6-13-22(20)29-25(26)32)21(15-23(31)30(24)28)17-9-7-10-18(27)14-17/h3-14,21,24H,2,15H2,1H3,(H,29,32). The van der Waals surface area contributed by atoms with Gasteiger partial charge in [-0.1, -0.05) is 73.1 Å². The van der Waals surface area contributed by atoms with Crippen LogP contribution in [0.2, 0.25) is 5.02 Å². The Bertz CT molecular complexity index is 1230. The number of amides is 2. The molecule has 162 valence electrons. The summed E-state index contributed by atoms with van der Waals surface area (Å²) in [6.45, 7) is 2.06. The zero-order valence-electron chi connectivity index (χ0n) is 17.5. The molecule has 5 rings (SSSR count). The first-order valence-electron chi connectivity index (χ1n) is 10.7. The number of anilines is 1. The number of hydrogen-bond acceptors (Lipinski definition) is 2. The van der Waals surface area contributed by atoms with Crippen molar-refractivity contribution in [2.24, 2.45) is 0 Å². The summed E-state index contributed by atoms with van der Waals surface area (Å²) >= 11 is 13.1. The molecule has 3 aromatic carbocycles. The van der Waals surface area contributed by atoms with Gasteiger partial charge in [0.25, 0.3) is 0 Å². The normalized spacial score (nSPS) is 24.5. The second-order valence-corrected chi connectivity index (χ2v) is 9.14. The Hall–Kier alpha value is -2.82. The number of carbonyl (C=O) groups is 2. The van der Waals surface area contributed by atoms with Crippen molar-refractivity contribution in [1.29, 1.82) is 0 Å². The highest BCUT2D eigenvalue weighted by molar-refractivity contribution is 6.30. The van der Waals surface area contributed by atoms with E-state index in [1.807, 2.05) is 66.7 Å². The van der Waals surface area contributed by atoms with Gasteiger partial charge in [0.1, 0.15) is 5.41 Å². The summed E-state index contributed by atoms with van der Waals surface area (Å²) in [5, 5.41) is 3.64. The number of nitrogens with one attached hydrogen (secondary N) is 1. The van der Waals surface area contributed by atoms with Gasteiger partial charge in [0.15, 0.2) is 0 Å². The van der Waals surface area contributed by atoms with Crippen LogP contribution in [0.4, 0.5) is 5.69 Å². The minimum Gasteiger partial charge on any atom is -0.325 e. The topological polar surface area (TPSA) is 49.4 Å². The molecule has 3 atom stereocenters. The summed E-state index contributed by atoms with van der Waals surface area (Å²) in [5.74, 6) is -0.796. The number of rotatable bonds is 3. The Balaban J connectivity index is 1.85. The van der Waals surface area contributed by atoms with Gasteiger partial charge in [0, 0.05) is 34.8 Å². The van der Waals surface area contributed by atoms with Gasteiger partial charge >= 0.3 is 0 Å². The number of carbonyl (C=O) groups excluding carboxylic acids is 2. The van der Waals surface area contributed by atoms with Crippen LogP contribution in [0.3, 0.4) is 0 Å². The molecule has 2 aliphatic rings. The second kappa shape index (κ2) is 7.95. The predicted octanol–water partition coefficient (Wildman–Crippen LogP) is 6.00. The number of nitrogens with zero attached hydrogens (tertiary/aromatic N) is 1. The third-order valence-corrected chi connectivity index (χ3v) is 7.42. The Morgan fingerprint density at radius 2 is 1.78 bits per heavy atom. The fraction of sp³-hybridized carbons (Fsp3) is 0.231. The summed E-state index contributed by atoms with van der Waals surface area (Å²) in [6, 6.07) is 22.4. The van der Waals surface area contributed by atoms with Crippen molar-refractivity contribution in [1.82, 2.24) is 4.42 Å². The van der Waals surface area contributed by atoms with Gasteiger partial charge in [-0.05, 0) is 46.9 Å². The smallest absolute Gasteiger partial charge is 0.238 e. The number of fused-ring (bicyclic) bond motifs is 2. The number of para-hydroxylation sites is 1. The van der Waals surface area contributed by atoms with E-state index in [0.717, 1.165) is 34.4 Å². The summed E-state index contributed by atoms with van der Waals surface area (Å²) in [4.78, 5) is 27.2. The maximum absolute atomic E-state index is 14.0. The van der Waals surface area contributed by atoms with Crippen molar-refractivity contribution in [3.05, 3.63) is 100 Å². The molecule has 2 heterocycles. The number of aryl methyl sites for hydroxylation is 1. The minimum absolute atomic E-state index is 0.108. The number of halogens is 2. The van der Waals surface area contributed by atoms with Crippen LogP contribution in [0, 0.1) is 0 Å². The fourth-order valence-electron chi connectivity index (χ4n) is 5.45. The van der Waals surface area contributed by atoms with E-state index >= 15 is 0 Å². The minimum atomic E-state index is -1.10. The van der Waals surface area contributed by atoms with Crippen molar-refractivity contribution in [2.45, 2.75) is 37.1 Å². The first-order valence-corrected chi connectivity index (χ1v) is 11.4. The molecule has 0 saturated carbocycles. The van der Waals surface area contributed by atoms with Crippen LogP contribution in [-0.2, 0) is 21.4 Å². The average Bonchev–Trinajstić information content (AvgIpc) is 3.09. The van der Waals surface area contributed by atoms with E-state index in [1.165, 1.54) is 4.42 Å². The van der Waals surface area contributed by atoms with Crippen LogP contribution < -0.4 is 5.32 Å². The summed E-state index contributed by atoms with van der Waals surface area (Å²) in [5.41, 5.74) is 3.30. The highest BCUT2D eigenvalue weighted by Crippen LogP contribution is 2.60. The van der Waals surface area contributed by atoms with E-state index in [-0.39, 0.29) is 18.2 Å².